The Morgan fingerprint density at radius 3 is 0.540 bits per heavy atom. The largest absolute Gasteiger partial charge is 2.00 e. The molecule has 0 N–H and O–H groups in total. The third kappa shape index (κ3) is 60.6. The molecule has 6 saturated heterocycles. The predicted octanol–water partition coefficient (Wildman–Crippen LogP) is 12.2. The molecule has 0 atom stereocenters. The molecule has 0 aromatic heterocycles. The Bertz CT molecular complexity index is 846. The van der Waals surface area contributed by atoms with Crippen LogP contribution in [-0.2, 0) is 62.6 Å². The molecule has 0 spiro atoms. The van der Waals surface area contributed by atoms with Gasteiger partial charge in [-0.2, -0.15) is 85.6 Å². The number of rotatable bonds is 0. The summed E-state index contributed by atoms with van der Waals surface area (Å²) in [6.07, 6.45) is 35.3. The molecule has 6 heterocycles. The van der Waals surface area contributed by atoms with Crippen LogP contribution in [0.25, 0.3) is 0 Å². The normalized spacial score (nSPS) is 17.4. The Morgan fingerprint density at radius 1 is 0.270 bits per heavy atom. The summed E-state index contributed by atoms with van der Waals surface area (Å²) in [4.78, 5) is 0. The van der Waals surface area contributed by atoms with E-state index in [9.17, 15) is 0 Å². The maximum atomic E-state index is 4.94. The smallest absolute Gasteiger partial charge is 0.381 e. The van der Waals surface area contributed by atoms with Gasteiger partial charge in [0, 0.05) is 113 Å². The van der Waals surface area contributed by atoms with Crippen molar-refractivity contribution in [1.29, 1.82) is 0 Å². The van der Waals surface area contributed by atoms with E-state index in [0.717, 1.165) is 79.3 Å². The van der Waals surface area contributed by atoms with E-state index < -0.39 is 0 Å². The van der Waals surface area contributed by atoms with Gasteiger partial charge in [-0.05, 0) is 77.0 Å². The van der Waals surface area contributed by atoms with Gasteiger partial charge in [-0.3, -0.25) is 0 Å². The van der Waals surface area contributed by atoms with Gasteiger partial charge in [-0.1, -0.05) is 12.8 Å². The molecule has 12 rings (SSSR count). The molecule has 4 aromatic carbocycles. The first-order valence-electron chi connectivity index (χ1n) is 22.5. The van der Waals surface area contributed by atoms with Crippen LogP contribution in [0.3, 0.4) is 0 Å². The first-order chi connectivity index (χ1) is 30.0. The molecule has 1 saturated carbocycles. The van der Waals surface area contributed by atoms with Gasteiger partial charge in [0.05, 0.1) is 0 Å². The fraction of sp³-hybridized carbons (Fsp3) is 0.444. The molecule has 63 heavy (non-hydrogen) atoms. The van der Waals surface area contributed by atoms with E-state index in [0.29, 0.717) is 0 Å². The van der Waals surface area contributed by atoms with Crippen molar-refractivity contribution in [2.45, 2.75) is 77.0 Å². The van der Waals surface area contributed by atoms with Crippen LogP contribution in [0.15, 0.2) is 133 Å². The molecule has 2 aliphatic carbocycles. The second-order valence-electron chi connectivity index (χ2n) is 13.7. The van der Waals surface area contributed by atoms with Crippen LogP contribution < -0.4 is 0 Å². The van der Waals surface area contributed by atoms with Crippen LogP contribution in [0.4, 0.5) is 0 Å². The Kier molecular flexibility index (Phi) is 65.5. The summed E-state index contributed by atoms with van der Waals surface area (Å²) in [6, 6.07) is 40.0. The maximum Gasteiger partial charge on any atom is 2.00 e. The minimum Gasteiger partial charge on any atom is -0.381 e. The Hall–Kier alpha value is -1.42. The minimum atomic E-state index is 0. The maximum absolute atomic E-state index is 4.94. The van der Waals surface area contributed by atoms with Gasteiger partial charge in [0.15, 0.2) is 0 Å². The van der Waals surface area contributed by atoms with E-state index in [1.54, 1.807) is 0 Å². The third-order valence-electron chi connectivity index (χ3n) is 8.30. The molecule has 6 aliphatic heterocycles. The first kappa shape index (κ1) is 65.9. The van der Waals surface area contributed by atoms with Crippen molar-refractivity contribution < 1.29 is 62.6 Å². The van der Waals surface area contributed by atoms with Crippen molar-refractivity contribution in [3.05, 3.63) is 185 Å². The summed E-state index contributed by atoms with van der Waals surface area (Å²) < 4.78 is 29.7. The Morgan fingerprint density at radius 2 is 0.476 bits per heavy atom. The molecular formula is C54H78MgMn2O6-4. The monoisotopic (exact) mass is 956 g/mol. The molecule has 8 radical (unpaired) electrons. The van der Waals surface area contributed by atoms with Crippen LogP contribution in [0.5, 0.6) is 0 Å². The van der Waals surface area contributed by atoms with Crippen molar-refractivity contribution in [2.75, 3.05) is 79.3 Å². The quantitative estimate of drug-likeness (QED) is 0.129. The van der Waals surface area contributed by atoms with Crippen molar-refractivity contribution >= 4 is 23.1 Å². The van der Waals surface area contributed by atoms with Crippen LogP contribution in [0.2, 0.25) is 0 Å². The van der Waals surface area contributed by atoms with Gasteiger partial charge >= 0.3 is 23.1 Å². The fourth-order valence-corrected chi connectivity index (χ4v) is 4.99. The summed E-state index contributed by atoms with van der Waals surface area (Å²) in [5, 5.41) is 0. The zero-order chi connectivity index (χ0) is 42.4. The minimum absolute atomic E-state index is 0. The molecule has 7 fully saturated rings. The number of allylic oxidation sites excluding steroid dienone is 2. The van der Waals surface area contributed by atoms with E-state index in [4.69, 9.17) is 28.4 Å². The van der Waals surface area contributed by atoms with Crippen LogP contribution in [-0.4, -0.2) is 102 Å². The molecular weight excluding hydrogens is 879 g/mol. The van der Waals surface area contributed by atoms with E-state index >= 15 is 0 Å². The summed E-state index contributed by atoms with van der Waals surface area (Å²) in [6.45, 7) is 12.0. The average Bonchev–Trinajstić information content (AvgIpc) is 4.19. The van der Waals surface area contributed by atoms with Crippen molar-refractivity contribution in [2.24, 2.45) is 0 Å². The second-order valence-corrected chi connectivity index (χ2v) is 13.7. The number of hydrogen-bond donors (Lipinski definition) is 0. The SMILES string of the molecule is C1CCOC1.C1CCOC1.C1CCOC1.C1CCOC1.C1CCOC1.C1CCOC1.[CH]1[CH][CH-]C=C1.[CH]1[CH][CH][CH-][CH]1.[Mg+2].[Mn].[Mn].c1cc[cH-]c1.c1cc[cH-]c1.c1cc[cH-]c1.c1cc[cH-]c1. The molecule has 8 aliphatic rings. The fourth-order valence-electron chi connectivity index (χ4n) is 4.99. The predicted molar refractivity (Wildman–Crippen MR) is 258 cm³/mol. The zero-order valence-corrected chi connectivity index (χ0v) is 42.0. The summed E-state index contributed by atoms with van der Waals surface area (Å²) in [7, 11) is 0. The van der Waals surface area contributed by atoms with Crippen LogP contribution in [0, 0.1) is 51.4 Å². The average molecular weight is 957 g/mol. The molecule has 0 unspecified atom stereocenters. The third-order valence-corrected chi connectivity index (χ3v) is 8.30. The summed E-state index contributed by atoms with van der Waals surface area (Å²) in [5.74, 6) is 0. The Balaban J connectivity index is -0.000000621. The van der Waals surface area contributed by atoms with Crippen LogP contribution in [0.1, 0.15) is 77.0 Å². The number of hydrogen-bond acceptors (Lipinski definition) is 6. The van der Waals surface area contributed by atoms with Gasteiger partial charge < -0.3 is 34.8 Å². The van der Waals surface area contributed by atoms with Gasteiger partial charge in [0.1, 0.15) is 0 Å². The van der Waals surface area contributed by atoms with E-state index in [1.165, 1.54) is 77.0 Å². The molecule has 9 heteroatoms. The van der Waals surface area contributed by atoms with E-state index in [1.807, 2.05) is 185 Å². The molecule has 0 bridgehead atoms. The summed E-state index contributed by atoms with van der Waals surface area (Å²) in [5.41, 5.74) is 0. The Labute approximate surface area is 423 Å². The molecule has 350 valence electrons. The van der Waals surface area contributed by atoms with Crippen molar-refractivity contribution in [3.8, 4) is 0 Å². The van der Waals surface area contributed by atoms with Gasteiger partial charge in [-0.25, -0.2) is 67.1 Å². The molecule has 4 aromatic rings. The number of ether oxygens (including phenoxy) is 6. The second kappa shape index (κ2) is 62.7. The first-order valence-corrected chi connectivity index (χ1v) is 22.5. The van der Waals surface area contributed by atoms with Crippen molar-refractivity contribution in [1.82, 2.24) is 0 Å². The van der Waals surface area contributed by atoms with Gasteiger partial charge in [-0.15, -0.1) is 12.8 Å². The molecule has 6 nitrogen and oxygen atoms in total. The topological polar surface area (TPSA) is 55.4 Å². The zero-order valence-electron chi connectivity index (χ0n) is 38.2. The van der Waals surface area contributed by atoms with Gasteiger partial charge in [0.25, 0.3) is 0 Å². The molecule has 0 amide bonds. The van der Waals surface area contributed by atoms with E-state index in [-0.39, 0.29) is 57.2 Å². The van der Waals surface area contributed by atoms with Gasteiger partial charge in [0.2, 0.25) is 0 Å². The van der Waals surface area contributed by atoms with Crippen LogP contribution >= 0.6 is 0 Å². The standard InChI is InChI=1S/6C5H5.6C4H8O.Mg.2Mn/c12*1-2-4-5-3-1;;;/h6*1-5H;6*1-4H2;;;/q6*-1;;;;;;;+2;;. The van der Waals surface area contributed by atoms with Crippen molar-refractivity contribution in [3.63, 3.8) is 0 Å². The van der Waals surface area contributed by atoms with E-state index in [2.05, 4.69) is 0 Å². The summed E-state index contributed by atoms with van der Waals surface area (Å²) >= 11 is 0.